The summed E-state index contributed by atoms with van der Waals surface area (Å²) >= 11 is 0. The largest absolute Gasteiger partial charge is 0.479 e. The van der Waals surface area contributed by atoms with E-state index in [-0.39, 0.29) is 24.5 Å². The Morgan fingerprint density at radius 2 is 1.79 bits per heavy atom. The number of carbonyl (C=O) groups excluding carboxylic acids is 2. The van der Waals surface area contributed by atoms with Crippen LogP contribution in [-0.4, -0.2) is 36.5 Å². The lowest BCUT2D eigenvalue weighted by Gasteiger charge is -2.32. The van der Waals surface area contributed by atoms with Gasteiger partial charge in [-0.05, 0) is 49.2 Å². The van der Waals surface area contributed by atoms with Crippen molar-refractivity contribution in [3.63, 3.8) is 0 Å². The number of rotatable bonds is 5. The van der Waals surface area contributed by atoms with Crippen LogP contribution in [0.15, 0.2) is 54.6 Å². The van der Waals surface area contributed by atoms with Crippen molar-refractivity contribution in [2.45, 2.75) is 12.8 Å². The average molecular weight is 378 g/mol. The fourth-order valence-electron chi connectivity index (χ4n) is 3.09. The Morgan fingerprint density at radius 1 is 1.07 bits per heavy atom. The summed E-state index contributed by atoms with van der Waals surface area (Å²) in [5, 5.41) is 14.3. The van der Waals surface area contributed by atoms with Gasteiger partial charge in [0.25, 0.3) is 0 Å². The van der Waals surface area contributed by atoms with E-state index in [0.29, 0.717) is 24.5 Å². The molecule has 2 aromatic carbocycles. The lowest BCUT2D eigenvalue weighted by molar-refractivity contribution is -0.121. The molecule has 0 aromatic heterocycles. The van der Waals surface area contributed by atoms with Crippen LogP contribution in [0.3, 0.4) is 0 Å². The summed E-state index contributed by atoms with van der Waals surface area (Å²) in [5.41, 5.74) is 1.39. The molecule has 3 amide bonds. The van der Waals surface area contributed by atoms with Gasteiger partial charge in [-0.25, -0.2) is 4.79 Å². The van der Waals surface area contributed by atoms with E-state index in [0.717, 1.165) is 18.5 Å². The van der Waals surface area contributed by atoms with Crippen molar-refractivity contribution in [1.29, 1.82) is 5.26 Å². The van der Waals surface area contributed by atoms with E-state index in [1.165, 1.54) is 0 Å². The lowest BCUT2D eigenvalue weighted by Crippen LogP contribution is -2.45. The van der Waals surface area contributed by atoms with Crippen LogP contribution in [0.2, 0.25) is 0 Å². The first-order valence-electron chi connectivity index (χ1n) is 9.17. The first-order chi connectivity index (χ1) is 13.7. The molecular formula is C21H22N4O3. The molecule has 28 heavy (non-hydrogen) atoms. The third kappa shape index (κ3) is 5.24. The Kier molecular flexibility index (Phi) is 6.47. The normalized spacial score (nSPS) is 16.0. The monoisotopic (exact) mass is 378 g/mol. The predicted octanol–water partition coefficient (Wildman–Crippen LogP) is 3.47. The summed E-state index contributed by atoms with van der Waals surface area (Å²) in [5.74, 6) is 0.202. The highest BCUT2D eigenvalue weighted by Gasteiger charge is 2.28. The zero-order valence-corrected chi connectivity index (χ0v) is 15.4. The number of nitrogens with one attached hydrogen (secondary N) is 2. The van der Waals surface area contributed by atoms with Crippen LogP contribution in [0.4, 0.5) is 16.2 Å². The van der Waals surface area contributed by atoms with Crippen molar-refractivity contribution in [2.24, 2.45) is 5.92 Å². The Morgan fingerprint density at radius 3 is 2.50 bits per heavy atom. The maximum absolute atomic E-state index is 12.6. The van der Waals surface area contributed by atoms with E-state index < -0.39 is 0 Å². The lowest BCUT2D eigenvalue weighted by atomic mass is 9.97. The minimum atomic E-state index is -0.259. The van der Waals surface area contributed by atoms with Gasteiger partial charge in [0.15, 0.2) is 6.61 Å². The van der Waals surface area contributed by atoms with Gasteiger partial charge in [0.1, 0.15) is 11.8 Å². The number of anilines is 2. The molecule has 0 radical (unpaired) electrons. The van der Waals surface area contributed by atoms with Crippen molar-refractivity contribution in [3.05, 3.63) is 54.6 Å². The molecule has 1 unspecified atom stereocenters. The van der Waals surface area contributed by atoms with Crippen molar-refractivity contribution in [1.82, 2.24) is 4.90 Å². The molecule has 0 bridgehead atoms. The number of ether oxygens (including phenoxy) is 1. The van der Waals surface area contributed by atoms with Crippen molar-refractivity contribution in [3.8, 4) is 11.8 Å². The van der Waals surface area contributed by atoms with Gasteiger partial charge in [-0.3, -0.25) is 4.79 Å². The van der Waals surface area contributed by atoms with Crippen molar-refractivity contribution >= 4 is 23.3 Å². The molecule has 0 aliphatic carbocycles. The molecule has 1 saturated heterocycles. The first kappa shape index (κ1) is 19.2. The highest BCUT2D eigenvalue weighted by molar-refractivity contribution is 5.94. The second kappa shape index (κ2) is 9.42. The van der Waals surface area contributed by atoms with E-state index in [4.69, 9.17) is 10.00 Å². The quantitative estimate of drug-likeness (QED) is 0.833. The number of carbonyl (C=O) groups is 2. The number of para-hydroxylation sites is 1. The number of hydrogen-bond donors (Lipinski definition) is 2. The molecule has 1 aliphatic rings. The Balaban J connectivity index is 1.54. The number of nitriles is 1. The van der Waals surface area contributed by atoms with E-state index in [1.807, 2.05) is 36.4 Å². The summed E-state index contributed by atoms with van der Waals surface area (Å²) in [7, 11) is 0. The zero-order valence-electron chi connectivity index (χ0n) is 15.4. The molecule has 0 saturated carbocycles. The second-order valence-corrected chi connectivity index (χ2v) is 6.54. The topological polar surface area (TPSA) is 94.5 Å². The number of nitrogens with zero attached hydrogens (tertiary/aromatic N) is 2. The van der Waals surface area contributed by atoms with Gasteiger partial charge in [0.2, 0.25) is 5.91 Å². The zero-order chi connectivity index (χ0) is 19.8. The molecule has 1 atom stereocenters. The van der Waals surface area contributed by atoms with Gasteiger partial charge in [-0.2, -0.15) is 5.26 Å². The van der Waals surface area contributed by atoms with Crippen molar-refractivity contribution < 1.29 is 14.3 Å². The molecule has 1 aliphatic heterocycles. The highest BCUT2D eigenvalue weighted by atomic mass is 16.5. The Bertz CT molecular complexity index is 846. The SMILES string of the molecule is N#CCOc1ccc(NC(=O)C2CCCN(C(=O)Nc3ccccc3)C2)cc1. The Hall–Kier alpha value is -3.53. The van der Waals surface area contributed by atoms with E-state index in [2.05, 4.69) is 10.6 Å². The number of urea groups is 1. The summed E-state index contributed by atoms with van der Waals surface area (Å²) in [6.07, 6.45) is 1.52. The third-order valence-corrected chi connectivity index (χ3v) is 4.53. The molecule has 2 aromatic rings. The van der Waals surface area contributed by atoms with Crippen LogP contribution in [-0.2, 0) is 4.79 Å². The van der Waals surface area contributed by atoms with E-state index in [1.54, 1.807) is 29.2 Å². The van der Waals surface area contributed by atoms with Crippen LogP contribution in [0, 0.1) is 17.2 Å². The van der Waals surface area contributed by atoms with E-state index in [9.17, 15) is 9.59 Å². The second-order valence-electron chi connectivity index (χ2n) is 6.54. The summed E-state index contributed by atoms with van der Waals surface area (Å²) in [6.45, 7) is 0.996. The fourth-order valence-corrected chi connectivity index (χ4v) is 3.09. The van der Waals surface area contributed by atoms with Crippen LogP contribution in [0.5, 0.6) is 5.75 Å². The molecule has 1 fully saturated rings. The van der Waals surface area contributed by atoms with Crippen LogP contribution in [0.25, 0.3) is 0 Å². The van der Waals surface area contributed by atoms with Crippen LogP contribution < -0.4 is 15.4 Å². The standard InChI is InChI=1S/C21H22N4O3/c22-12-14-28-19-10-8-18(9-11-19)23-20(26)16-5-4-13-25(15-16)21(27)24-17-6-2-1-3-7-17/h1-3,6-11,16H,4-5,13-15H2,(H,23,26)(H,24,27). The maximum Gasteiger partial charge on any atom is 0.321 e. The third-order valence-electron chi connectivity index (χ3n) is 4.53. The van der Waals surface area contributed by atoms with Gasteiger partial charge < -0.3 is 20.3 Å². The van der Waals surface area contributed by atoms with Gasteiger partial charge in [-0.1, -0.05) is 18.2 Å². The van der Waals surface area contributed by atoms with Crippen LogP contribution >= 0.6 is 0 Å². The average Bonchev–Trinajstić information content (AvgIpc) is 2.74. The fraction of sp³-hybridized carbons (Fsp3) is 0.286. The molecule has 3 rings (SSSR count). The molecule has 7 nitrogen and oxygen atoms in total. The van der Waals surface area contributed by atoms with Gasteiger partial charge in [0, 0.05) is 24.5 Å². The highest BCUT2D eigenvalue weighted by Crippen LogP contribution is 2.21. The summed E-state index contributed by atoms with van der Waals surface area (Å²) < 4.78 is 5.20. The minimum absolute atomic E-state index is 0.0192. The Labute approximate surface area is 163 Å². The van der Waals surface area contributed by atoms with Crippen molar-refractivity contribution in [2.75, 3.05) is 30.3 Å². The number of piperidine rings is 1. The van der Waals surface area contributed by atoms with Gasteiger partial charge in [0.05, 0.1) is 5.92 Å². The molecular weight excluding hydrogens is 356 g/mol. The number of amides is 3. The molecule has 7 heteroatoms. The number of benzene rings is 2. The van der Waals surface area contributed by atoms with Gasteiger partial charge in [-0.15, -0.1) is 0 Å². The molecule has 0 spiro atoms. The predicted molar refractivity (Wildman–Crippen MR) is 106 cm³/mol. The maximum atomic E-state index is 12.6. The first-order valence-corrected chi connectivity index (χ1v) is 9.17. The summed E-state index contributed by atoms with van der Waals surface area (Å²) in [4.78, 5) is 26.8. The van der Waals surface area contributed by atoms with E-state index >= 15 is 0 Å². The van der Waals surface area contributed by atoms with Gasteiger partial charge >= 0.3 is 6.03 Å². The number of likely N-dealkylation sites (tertiary alicyclic amines) is 1. The smallest absolute Gasteiger partial charge is 0.321 e. The number of hydrogen-bond acceptors (Lipinski definition) is 4. The molecule has 2 N–H and O–H groups in total. The molecule has 144 valence electrons. The van der Waals surface area contributed by atoms with Crippen LogP contribution in [0.1, 0.15) is 12.8 Å². The molecule has 1 heterocycles. The minimum Gasteiger partial charge on any atom is -0.479 e. The summed E-state index contributed by atoms with van der Waals surface area (Å²) in [6, 6.07) is 17.8.